The maximum atomic E-state index is 8.31. The van der Waals surface area contributed by atoms with Crippen LogP contribution in [0, 0.1) is 5.92 Å². The summed E-state index contributed by atoms with van der Waals surface area (Å²) >= 11 is 0. The number of benzene rings is 1. The predicted octanol–water partition coefficient (Wildman–Crippen LogP) is 4.11. The smallest absolute Gasteiger partial charge is 0.0575 e. The summed E-state index contributed by atoms with van der Waals surface area (Å²) in [5, 5.41) is 3.66. The first-order valence-corrected chi connectivity index (χ1v) is 7.05. The molecule has 1 saturated carbocycles. The van der Waals surface area contributed by atoms with Gasteiger partial charge in [-0.3, -0.25) is 0 Å². The molecule has 0 aliphatic heterocycles. The Morgan fingerprint density at radius 1 is 1.16 bits per heavy atom. The largest absolute Gasteiger partial charge is 0.378 e. The van der Waals surface area contributed by atoms with Crippen molar-refractivity contribution in [2.45, 2.75) is 38.2 Å². The molecule has 1 aromatic carbocycles. The van der Waals surface area contributed by atoms with E-state index in [9.17, 15) is 0 Å². The minimum absolute atomic E-state index is 0.394. The van der Waals surface area contributed by atoms with Gasteiger partial charge in [-0.25, -0.2) is 0 Å². The molecule has 1 fully saturated rings. The van der Waals surface area contributed by atoms with Crippen LogP contribution in [0.3, 0.4) is 0 Å². The molecule has 0 radical (unpaired) electrons. The maximum Gasteiger partial charge on any atom is 0.0575 e. The predicted molar refractivity (Wildman–Crippen MR) is 75.9 cm³/mol. The van der Waals surface area contributed by atoms with Gasteiger partial charge in [0.15, 0.2) is 0 Å². The van der Waals surface area contributed by atoms with E-state index < -0.39 is 0 Å². The fourth-order valence-electron chi connectivity index (χ4n) is 2.62. The van der Waals surface area contributed by atoms with Crippen LogP contribution in [-0.4, -0.2) is 19.3 Å². The highest BCUT2D eigenvalue weighted by molar-refractivity contribution is 5.14. The van der Waals surface area contributed by atoms with Crippen molar-refractivity contribution in [1.29, 1.82) is 0 Å². The van der Waals surface area contributed by atoms with Crippen molar-refractivity contribution >= 4 is 0 Å². The number of nitrogens with zero attached hydrogens (tertiary/aromatic N) is 3. The van der Waals surface area contributed by atoms with E-state index in [2.05, 4.69) is 34.3 Å². The highest BCUT2D eigenvalue weighted by Crippen LogP contribution is 2.26. The zero-order valence-electron chi connectivity index (χ0n) is 11.2. The van der Waals surface area contributed by atoms with Crippen molar-refractivity contribution < 1.29 is 4.74 Å². The Balaban J connectivity index is 1.62. The molecular weight excluding hydrogens is 238 g/mol. The lowest BCUT2D eigenvalue weighted by Gasteiger charge is -2.27. The van der Waals surface area contributed by atoms with Crippen molar-refractivity contribution in [2.24, 2.45) is 11.0 Å². The average Bonchev–Trinajstić information content (AvgIpc) is 2.47. The van der Waals surface area contributed by atoms with Crippen LogP contribution in [0.2, 0.25) is 0 Å². The highest BCUT2D eigenvalue weighted by atomic mass is 16.5. The molecule has 0 heterocycles. The summed E-state index contributed by atoms with van der Waals surface area (Å²) in [4.78, 5) is 2.83. The SMILES string of the molecule is [N-]=[N+]=NCC1CCC(OCCc2ccccc2)CC1. The van der Waals surface area contributed by atoms with Gasteiger partial charge in [-0.2, -0.15) is 0 Å². The average molecular weight is 259 g/mol. The zero-order valence-corrected chi connectivity index (χ0v) is 11.2. The molecule has 19 heavy (non-hydrogen) atoms. The van der Waals surface area contributed by atoms with Gasteiger partial charge in [-0.15, -0.1) is 0 Å². The molecule has 0 spiro atoms. The first-order valence-electron chi connectivity index (χ1n) is 7.05. The third kappa shape index (κ3) is 4.93. The Hall–Kier alpha value is -1.51. The maximum absolute atomic E-state index is 8.31. The van der Waals surface area contributed by atoms with Gasteiger partial charge in [0.05, 0.1) is 12.7 Å². The van der Waals surface area contributed by atoms with Crippen LogP contribution in [0.5, 0.6) is 0 Å². The van der Waals surface area contributed by atoms with E-state index in [0.29, 0.717) is 18.6 Å². The number of ether oxygens (including phenoxy) is 1. The molecule has 0 bridgehead atoms. The molecule has 4 nitrogen and oxygen atoms in total. The molecule has 2 rings (SSSR count). The Morgan fingerprint density at radius 2 is 1.89 bits per heavy atom. The minimum Gasteiger partial charge on any atom is -0.378 e. The quantitative estimate of drug-likeness (QED) is 0.431. The van der Waals surface area contributed by atoms with E-state index in [1.54, 1.807) is 0 Å². The van der Waals surface area contributed by atoms with Gasteiger partial charge in [0.2, 0.25) is 0 Å². The Morgan fingerprint density at radius 3 is 2.58 bits per heavy atom. The number of rotatable bonds is 6. The van der Waals surface area contributed by atoms with Gasteiger partial charge in [-0.1, -0.05) is 35.4 Å². The molecule has 0 N–H and O–H groups in total. The molecule has 1 aliphatic rings. The molecule has 102 valence electrons. The molecule has 1 aliphatic carbocycles. The summed E-state index contributed by atoms with van der Waals surface area (Å²) in [5.41, 5.74) is 9.64. The molecule has 0 unspecified atom stereocenters. The Bertz CT molecular complexity index is 407. The summed E-state index contributed by atoms with van der Waals surface area (Å²) in [5.74, 6) is 0.560. The van der Waals surface area contributed by atoms with E-state index in [1.165, 1.54) is 5.56 Å². The van der Waals surface area contributed by atoms with Crippen molar-refractivity contribution in [3.8, 4) is 0 Å². The topological polar surface area (TPSA) is 58.0 Å². The fraction of sp³-hybridized carbons (Fsp3) is 0.600. The zero-order chi connectivity index (χ0) is 13.3. The summed E-state index contributed by atoms with van der Waals surface area (Å²) in [6.07, 6.45) is 5.82. The second-order valence-electron chi connectivity index (χ2n) is 5.16. The summed E-state index contributed by atoms with van der Waals surface area (Å²) in [7, 11) is 0. The van der Waals surface area contributed by atoms with Crippen LogP contribution < -0.4 is 0 Å². The van der Waals surface area contributed by atoms with Gasteiger partial charge in [-0.05, 0) is 49.1 Å². The number of hydrogen-bond donors (Lipinski definition) is 0. The first-order chi connectivity index (χ1) is 9.38. The number of azide groups is 1. The van der Waals surface area contributed by atoms with Crippen LogP contribution in [0.4, 0.5) is 0 Å². The van der Waals surface area contributed by atoms with Gasteiger partial charge in [0.1, 0.15) is 0 Å². The van der Waals surface area contributed by atoms with E-state index >= 15 is 0 Å². The van der Waals surface area contributed by atoms with Crippen LogP contribution >= 0.6 is 0 Å². The third-order valence-electron chi connectivity index (χ3n) is 3.78. The summed E-state index contributed by atoms with van der Waals surface area (Å²) < 4.78 is 5.94. The van der Waals surface area contributed by atoms with E-state index in [1.807, 2.05) is 6.07 Å². The molecule has 1 aromatic rings. The summed E-state index contributed by atoms with van der Waals surface area (Å²) in [6, 6.07) is 10.4. The lowest BCUT2D eigenvalue weighted by Crippen LogP contribution is -2.23. The van der Waals surface area contributed by atoms with Crippen LogP contribution in [-0.2, 0) is 11.2 Å². The second-order valence-corrected chi connectivity index (χ2v) is 5.16. The standard InChI is InChI=1S/C15H21N3O/c16-18-17-12-14-6-8-15(9-7-14)19-11-10-13-4-2-1-3-5-13/h1-5,14-15H,6-12H2. The Labute approximate surface area is 114 Å². The molecule has 0 atom stereocenters. The number of hydrogen-bond acceptors (Lipinski definition) is 2. The van der Waals surface area contributed by atoms with Gasteiger partial charge >= 0.3 is 0 Å². The van der Waals surface area contributed by atoms with Crippen LogP contribution in [0.1, 0.15) is 31.2 Å². The lowest BCUT2D eigenvalue weighted by molar-refractivity contribution is 0.0207. The molecule has 0 saturated heterocycles. The Kier molecular flexibility index (Phi) is 5.73. The van der Waals surface area contributed by atoms with Gasteiger partial charge in [0, 0.05) is 11.5 Å². The minimum atomic E-state index is 0.394. The van der Waals surface area contributed by atoms with E-state index in [0.717, 1.165) is 38.7 Å². The molecule has 0 amide bonds. The normalized spacial score (nSPS) is 22.7. The van der Waals surface area contributed by atoms with E-state index in [4.69, 9.17) is 10.3 Å². The monoisotopic (exact) mass is 259 g/mol. The third-order valence-corrected chi connectivity index (χ3v) is 3.78. The molecule has 4 heteroatoms. The lowest BCUT2D eigenvalue weighted by atomic mass is 9.87. The first kappa shape index (κ1) is 13.9. The van der Waals surface area contributed by atoms with Crippen molar-refractivity contribution in [2.75, 3.05) is 13.2 Å². The molecular formula is C15H21N3O. The van der Waals surface area contributed by atoms with Crippen molar-refractivity contribution in [3.05, 3.63) is 46.3 Å². The fourth-order valence-corrected chi connectivity index (χ4v) is 2.62. The van der Waals surface area contributed by atoms with Crippen molar-refractivity contribution in [1.82, 2.24) is 0 Å². The van der Waals surface area contributed by atoms with Gasteiger partial charge in [0.25, 0.3) is 0 Å². The van der Waals surface area contributed by atoms with Crippen LogP contribution in [0.15, 0.2) is 35.4 Å². The highest BCUT2D eigenvalue weighted by Gasteiger charge is 2.20. The molecule has 0 aromatic heterocycles. The van der Waals surface area contributed by atoms with Crippen molar-refractivity contribution in [3.63, 3.8) is 0 Å². The summed E-state index contributed by atoms with van der Waals surface area (Å²) in [6.45, 7) is 1.45. The van der Waals surface area contributed by atoms with Crippen LogP contribution in [0.25, 0.3) is 10.4 Å². The second kappa shape index (κ2) is 7.82. The van der Waals surface area contributed by atoms with E-state index in [-0.39, 0.29) is 0 Å². The van der Waals surface area contributed by atoms with Gasteiger partial charge < -0.3 is 4.74 Å².